The van der Waals surface area contributed by atoms with Gasteiger partial charge in [0.2, 0.25) is 0 Å². The van der Waals surface area contributed by atoms with Gasteiger partial charge in [0.25, 0.3) is 0 Å². The van der Waals surface area contributed by atoms with Gasteiger partial charge >= 0.3 is 0 Å². The molecule has 4 atom stereocenters. The molecule has 9 heteroatoms. The number of aliphatic imine (C=N–C) groups is 1. The fourth-order valence-electron chi connectivity index (χ4n) is 3.99. The van der Waals surface area contributed by atoms with Crippen LogP contribution in [0.15, 0.2) is 58.3 Å². The van der Waals surface area contributed by atoms with Crippen molar-refractivity contribution < 1.29 is 24.1 Å². The lowest BCUT2D eigenvalue weighted by molar-refractivity contribution is -0.0308. The molecule has 2 aliphatic heterocycles. The van der Waals surface area contributed by atoms with Crippen molar-refractivity contribution in [1.82, 2.24) is 9.58 Å². The highest BCUT2D eigenvalue weighted by atomic mass is 16.6. The van der Waals surface area contributed by atoms with Crippen LogP contribution in [0, 0.1) is 0 Å². The molecule has 1 aromatic carbocycles. The zero-order valence-corrected chi connectivity index (χ0v) is 17.2. The topological polar surface area (TPSA) is 105 Å². The number of aliphatic hydroxyl groups is 2. The van der Waals surface area contributed by atoms with Crippen molar-refractivity contribution in [3.8, 4) is 17.1 Å². The van der Waals surface area contributed by atoms with Gasteiger partial charge in [-0.15, -0.1) is 0 Å². The first-order valence-electron chi connectivity index (χ1n) is 10.1. The van der Waals surface area contributed by atoms with Crippen molar-refractivity contribution >= 4 is 17.8 Å². The number of ether oxygens (including phenoxy) is 2. The van der Waals surface area contributed by atoms with Gasteiger partial charge in [-0.3, -0.25) is 10.4 Å². The van der Waals surface area contributed by atoms with Crippen LogP contribution in [0.1, 0.15) is 18.7 Å². The maximum absolute atomic E-state index is 10.5. The smallest absolute Gasteiger partial charge is 0.164 e. The number of aromatic nitrogens is 1. The summed E-state index contributed by atoms with van der Waals surface area (Å²) >= 11 is 0. The van der Waals surface area contributed by atoms with Gasteiger partial charge in [-0.25, -0.2) is 4.99 Å². The Morgan fingerprint density at radius 1 is 1.16 bits per heavy atom. The van der Waals surface area contributed by atoms with Gasteiger partial charge in [0, 0.05) is 17.3 Å². The minimum Gasteiger partial charge on any atom is -0.497 e. The average Bonchev–Trinajstić information content (AvgIpc) is 3.49. The first-order chi connectivity index (χ1) is 15.0. The van der Waals surface area contributed by atoms with Gasteiger partial charge in [0.1, 0.15) is 35.9 Å². The highest BCUT2D eigenvalue weighted by Gasteiger charge is 2.43. The number of benzene rings is 1. The van der Waals surface area contributed by atoms with Gasteiger partial charge in [-0.05, 0) is 43.3 Å². The van der Waals surface area contributed by atoms with Gasteiger partial charge in [0.15, 0.2) is 6.23 Å². The lowest BCUT2D eigenvalue weighted by Gasteiger charge is -2.26. The van der Waals surface area contributed by atoms with E-state index in [4.69, 9.17) is 13.9 Å². The number of nitrogens with one attached hydrogen (secondary N) is 1. The van der Waals surface area contributed by atoms with Crippen molar-refractivity contribution in [2.45, 2.75) is 38.0 Å². The summed E-state index contributed by atoms with van der Waals surface area (Å²) in [6.45, 7) is 2.25. The normalized spacial score (nSPS) is 25.0. The number of furan rings is 1. The molecule has 5 rings (SSSR count). The van der Waals surface area contributed by atoms with Crippen molar-refractivity contribution in [3.05, 3.63) is 54.4 Å². The standard InChI is InChI=1S/C22H24N4O5/c1-13-19(27)20(28)22(31-13)26-11-16(18-4-3-9-30-18)17-10-25(12-23-21(17)26)24-14-5-7-15(29-2)8-6-14/h3-9,11-13,19-20,22,24,27-28H,10H2,1-2H3/t13-,19-,20-,22-/m1/s1. The number of hydrazine groups is 1. The van der Waals surface area contributed by atoms with E-state index < -0.39 is 24.5 Å². The second-order valence-electron chi connectivity index (χ2n) is 7.66. The summed E-state index contributed by atoms with van der Waals surface area (Å²) in [5.41, 5.74) is 5.98. The molecule has 2 aliphatic rings. The van der Waals surface area contributed by atoms with E-state index in [2.05, 4.69) is 10.4 Å². The molecule has 0 bridgehead atoms. The molecule has 162 valence electrons. The SMILES string of the molecule is COc1ccc(NN2C=Nc3c(c(-c4ccco4)cn3[C@@H]3O[C@H](C)[C@@H](O)[C@H]3O)C2)cc1. The first-order valence-corrected chi connectivity index (χ1v) is 10.1. The molecule has 0 unspecified atom stereocenters. The summed E-state index contributed by atoms with van der Waals surface area (Å²) in [6, 6.07) is 11.3. The van der Waals surface area contributed by atoms with E-state index in [0.29, 0.717) is 18.1 Å². The molecule has 9 nitrogen and oxygen atoms in total. The Hall–Kier alpha value is -3.27. The lowest BCUT2D eigenvalue weighted by Crippen LogP contribution is -2.31. The molecule has 0 spiro atoms. The van der Waals surface area contributed by atoms with Crippen LogP contribution in [-0.4, -0.2) is 51.5 Å². The summed E-state index contributed by atoms with van der Waals surface area (Å²) in [5, 5.41) is 22.5. The Morgan fingerprint density at radius 2 is 1.97 bits per heavy atom. The van der Waals surface area contributed by atoms with E-state index in [0.717, 1.165) is 22.6 Å². The summed E-state index contributed by atoms with van der Waals surface area (Å²) in [6.07, 6.45) is 1.93. The molecule has 1 fully saturated rings. The van der Waals surface area contributed by atoms with E-state index in [-0.39, 0.29) is 0 Å². The van der Waals surface area contributed by atoms with Crippen LogP contribution in [0.4, 0.5) is 11.5 Å². The molecule has 1 saturated heterocycles. The maximum atomic E-state index is 10.5. The fourth-order valence-corrected chi connectivity index (χ4v) is 3.99. The van der Waals surface area contributed by atoms with Crippen molar-refractivity contribution in [1.29, 1.82) is 0 Å². The number of rotatable bonds is 5. The fraction of sp³-hybridized carbons (Fsp3) is 0.318. The molecule has 3 aromatic rings. The first kappa shape index (κ1) is 19.7. The number of hydrogen-bond donors (Lipinski definition) is 3. The summed E-state index contributed by atoms with van der Waals surface area (Å²) in [4.78, 5) is 4.63. The molecule has 0 radical (unpaired) electrons. The van der Waals surface area contributed by atoms with Crippen LogP contribution >= 0.6 is 0 Å². The predicted molar refractivity (Wildman–Crippen MR) is 114 cm³/mol. The Balaban J connectivity index is 1.47. The number of fused-ring (bicyclic) bond motifs is 1. The van der Waals surface area contributed by atoms with Gasteiger partial charge in [-0.2, -0.15) is 0 Å². The molecular weight excluding hydrogens is 400 g/mol. The summed E-state index contributed by atoms with van der Waals surface area (Å²) < 4.78 is 18.4. The largest absolute Gasteiger partial charge is 0.497 e. The Bertz CT molecular complexity index is 1080. The number of hydrogen-bond acceptors (Lipinski definition) is 8. The molecule has 0 aliphatic carbocycles. The quantitative estimate of drug-likeness (QED) is 0.578. The minimum atomic E-state index is -1.05. The number of nitrogens with zero attached hydrogens (tertiary/aromatic N) is 3. The Morgan fingerprint density at radius 3 is 2.61 bits per heavy atom. The predicted octanol–water partition coefficient (Wildman–Crippen LogP) is 2.90. The molecule has 0 saturated carbocycles. The van der Waals surface area contributed by atoms with Gasteiger partial charge in [0.05, 0.1) is 31.7 Å². The molecule has 3 N–H and O–H groups in total. The van der Waals surface area contributed by atoms with E-state index >= 15 is 0 Å². The van der Waals surface area contributed by atoms with Gasteiger partial charge < -0.3 is 28.7 Å². The maximum Gasteiger partial charge on any atom is 0.164 e. The van der Waals surface area contributed by atoms with E-state index in [1.807, 2.05) is 47.6 Å². The van der Waals surface area contributed by atoms with Crippen LogP contribution < -0.4 is 10.2 Å². The molecule has 0 amide bonds. The van der Waals surface area contributed by atoms with Crippen LogP contribution in [0.5, 0.6) is 5.75 Å². The highest BCUT2D eigenvalue weighted by Crippen LogP contribution is 2.41. The lowest BCUT2D eigenvalue weighted by atomic mass is 10.1. The van der Waals surface area contributed by atoms with E-state index in [9.17, 15) is 10.2 Å². The third-order valence-corrected chi connectivity index (χ3v) is 5.66. The zero-order valence-electron chi connectivity index (χ0n) is 17.2. The third kappa shape index (κ3) is 3.46. The molecular formula is C22H24N4O5. The second-order valence-corrected chi connectivity index (χ2v) is 7.66. The average molecular weight is 424 g/mol. The number of methoxy groups -OCH3 is 1. The van der Waals surface area contributed by atoms with Crippen molar-refractivity contribution in [3.63, 3.8) is 0 Å². The zero-order chi connectivity index (χ0) is 21.5. The Kier molecular flexibility index (Phi) is 4.93. The number of anilines is 1. The Labute approximate surface area is 179 Å². The van der Waals surface area contributed by atoms with Crippen molar-refractivity contribution in [2.24, 2.45) is 4.99 Å². The number of aliphatic hydroxyl groups excluding tert-OH is 2. The minimum absolute atomic E-state index is 0.481. The van der Waals surface area contributed by atoms with Gasteiger partial charge in [-0.1, -0.05) is 0 Å². The van der Waals surface area contributed by atoms with Crippen LogP contribution in [0.25, 0.3) is 11.3 Å². The van der Waals surface area contributed by atoms with E-state index in [1.54, 1.807) is 31.2 Å². The second kappa shape index (κ2) is 7.77. The van der Waals surface area contributed by atoms with Crippen LogP contribution in [-0.2, 0) is 11.3 Å². The van der Waals surface area contributed by atoms with Crippen LogP contribution in [0.3, 0.4) is 0 Å². The molecule has 4 heterocycles. The van der Waals surface area contributed by atoms with Crippen molar-refractivity contribution in [2.75, 3.05) is 12.5 Å². The molecule has 31 heavy (non-hydrogen) atoms. The monoisotopic (exact) mass is 424 g/mol. The third-order valence-electron chi connectivity index (χ3n) is 5.66. The highest BCUT2D eigenvalue weighted by molar-refractivity contribution is 5.75. The summed E-state index contributed by atoms with van der Waals surface area (Å²) in [5.74, 6) is 2.13. The van der Waals surface area contributed by atoms with Crippen LogP contribution in [0.2, 0.25) is 0 Å². The molecule has 2 aromatic heterocycles. The summed E-state index contributed by atoms with van der Waals surface area (Å²) in [7, 11) is 1.63. The van der Waals surface area contributed by atoms with E-state index in [1.165, 1.54) is 0 Å².